The van der Waals surface area contributed by atoms with Gasteiger partial charge in [-0.15, -0.1) is 11.8 Å². The first-order valence-corrected chi connectivity index (χ1v) is 5.01. The number of carbonyl (C=O) groups excluding carboxylic acids is 1. The van der Waals surface area contributed by atoms with E-state index in [4.69, 9.17) is 0 Å². The summed E-state index contributed by atoms with van der Waals surface area (Å²) >= 11 is 1.65. The minimum atomic E-state index is -0.0205. The highest BCUT2D eigenvalue weighted by molar-refractivity contribution is 8.13. The minimum Gasteiger partial charge on any atom is -0.290 e. The standard InChI is InChI=1S/C9H9NOS/c1-12-8-9(6-10-8)4-2-7(11)3-5-9/h2-5H,6H2,1H3. The number of nitrogens with zero attached hydrogens (tertiary/aromatic N) is 1. The van der Waals surface area contributed by atoms with Gasteiger partial charge in [-0.05, 0) is 18.4 Å². The molecule has 0 saturated heterocycles. The lowest BCUT2D eigenvalue weighted by Gasteiger charge is -2.35. The first-order valence-electron chi connectivity index (χ1n) is 3.78. The van der Waals surface area contributed by atoms with E-state index in [1.807, 2.05) is 18.4 Å². The molecule has 0 atom stereocenters. The van der Waals surface area contributed by atoms with Gasteiger partial charge in [-0.2, -0.15) is 0 Å². The van der Waals surface area contributed by atoms with Crippen LogP contribution in [0.3, 0.4) is 0 Å². The number of hydrogen-bond donors (Lipinski definition) is 0. The summed E-state index contributed by atoms with van der Waals surface area (Å²) in [4.78, 5) is 15.1. The molecule has 1 aliphatic heterocycles. The van der Waals surface area contributed by atoms with Crippen molar-refractivity contribution >= 4 is 22.6 Å². The van der Waals surface area contributed by atoms with E-state index in [0.717, 1.165) is 11.6 Å². The fraction of sp³-hybridized carbons (Fsp3) is 0.333. The van der Waals surface area contributed by atoms with Crippen molar-refractivity contribution in [3.05, 3.63) is 24.3 Å². The van der Waals surface area contributed by atoms with Gasteiger partial charge >= 0.3 is 0 Å². The van der Waals surface area contributed by atoms with Gasteiger partial charge in [0.05, 0.1) is 17.0 Å². The number of rotatable bonds is 0. The Morgan fingerprint density at radius 3 is 2.58 bits per heavy atom. The summed E-state index contributed by atoms with van der Waals surface area (Å²) in [5.74, 6) is 0.0768. The highest BCUT2D eigenvalue weighted by Gasteiger charge is 2.38. The van der Waals surface area contributed by atoms with Crippen LogP contribution in [0.25, 0.3) is 0 Å². The summed E-state index contributed by atoms with van der Waals surface area (Å²) < 4.78 is 0. The predicted octanol–water partition coefficient (Wildman–Crippen LogP) is 1.44. The molecule has 0 fully saturated rings. The number of aliphatic imine (C=N–C) groups is 1. The SMILES string of the molecule is CSC1=NCC12C=CC(=O)C=C2. The quantitative estimate of drug-likeness (QED) is 0.563. The van der Waals surface area contributed by atoms with E-state index in [1.54, 1.807) is 23.9 Å². The highest BCUT2D eigenvalue weighted by atomic mass is 32.2. The molecule has 0 N–H and O–H groups in total. The van der Waals surface area contributed by atoms with Gasteiger partial charge in [-0.1, -0.05) is 12.2 Å². The molecule has 0 saturated carbocycles. The lowest BCUT2D eigenvalue weighted by molar-refractivity contribution is -0.110. The zero-order valence-electron chi connectivity index (χ0n) is 6.78. The molecule has 3 heteroatoms. The minimum absolute atomic E-state index is 0.0205. The molecule has 0 aromatic carbocycles. The normalized spacial score (nSPS) is 24.1. The molecule has 1 aliphatic carbocycles. The maximum absolute atomic E-state index is 10.9. The van der Waals surface area contributed by atoms with Crippen LogP contribution < -0.4 is 0 Å². The van der Waals surface area contributed by atoms with Gasteiger partial charge < -0.3 is 0 Å². The molecule has 0 bridgehead atoms. The van der Waals surface area contributed by atoms with E-state index in [1.165, 1.54) is 0 Å². The number of thioether (sulfide) groups is 1. The van der Waals surface area contributed by atoms with Crippen LogP contribution in [0.4, 0.5) is 0 Å². The molecule has 0 aromatic rings. The summed E-state index contributed by atoms with van der Waals surface area (Å²) in [6.45, 7) is 0.795. The molecule has 0 amide bonds. The Bertz CT molecular complexity index is 298. The molecule has 1 spiro atoms. The average molecular weight is 179 g/mol. The average Bonchev–Trinajstić information content (AvgIpc) is 2.05. The van der Waals surface area contributed by atoms with Crippen molar-refractivity contribution in [2.45, 2.75) is 0 Å². The molecule has 2 rings (SSSR count). The summed E-state index contributed by atoms with van der Waals surface area (Å²) in [7, 11) is 0. The van der Waals surface area contributed by atoms with E-state index in [-0.39, 0.29) is 11.2 Å². The Hall–Kier alpha value is -0.830. The summed E-state index contributed by atoms with van der Waals surface area (Å²) in [6, 6.07) is 0. The molecule has 1 heterocycles. The van der Waals surface area contributed by atoms with Crippen LogP contribution in [0.15, 0.2) is 29.3 Å². The van der Waals surface area contributed by atoms with Crippen molar-refractivity contribution in [2.24, 2.45) is 10.4 Å². The Morgan fingerprint density at radius 1 is 1.50 bits per heavy atom. The molecular weight excluding hydrogens is 170 g/mol. The van der Waals surface area contributed by atoms with Crippen molar-refractivity contribution in [2.75, 3.05) is 12.8 Å². The molecule has 0 aromatic heterocycles. The number of ketones is 1. The topological polar surface area (TPSA) is 29.4 Å². The van der Waals surface area contributed by atoms with Gasteiger partial charge in [0.1, 0.15) is 0 Å². The van der Waals surface area contributed by atoms with Crippen LogP contribution in [-0.2, 0) is 4.79 Å². The molecule has 2 nitrogen and oxygen atoms in total. The number of allylic oxidation sites excluding steroid dienone is 2. The van der Waals surface area contributed by atoms with Crippen LogP contribution in [0.1, 0.15) is 0 Å². The van der Waals surface area contributed by atoms with Crippen LogP contribution in [0, 0.1) is 5.41 Å². The zero-order chi connectivity index (χ0) is 8.60. The van der Waals surface area contributed by atoms with Gasteiger partial charge in [0.2, 0.25) is 0 Å². The summed E-state index contributed by atoms with van der Waals surface area (Å²) in [6.07, 6.45) is 9.18. The third kappa shape index (κ3) is 0.966. The van der Waals surface area contributed by atoms with E-state index in [2.05, 4.69) is 4.99 Å². The third-order valence-electron chi connectivity index (χ3n) is 2.17. The number of carbonyl (C=O) groups is 1. The van der Waals surface area contributed by atoms with Crippen molar-refractivity contribution in [1.29, 1.82) is 0 Å². The monoisotopic (exact) mass is 179 g/mol. The second-order valence-corrected chi connectivity index (χ2v) is 3.73. The maximum atomic E-state index is 10.9. The number of hydrogen-bond acceptors (Lipinski definition) is 3. The molecule has 62 valence electrons. The zero-order valence-corrected chi connectivity index (χ0v) is 7.60. The van der Waals surface area contributed by atoms with Gasteiger partial charge in [0.15, 0.2) is 5.78 Å². The second kappa shape index (κ2) is 2.59. The van der Waals surface area contributed by atoms with E-state index >= 15 is 0 Å². The highest BCUT2D eigenvalue weighted by Crippen LogP contribution is 2.38. The van der Waals surface area contributed by atoms with E-state index < -0.39 is 0 Å². The Labute approximate surface area is 75.4 Å². The van der Waals surface area contributed by atoms with Crippen LogP contribution in [0.2, 0.25) is 0 Å². The van der Waals surface area contributed by atoms with Crippen LogP contribution in [0.5, 0.6) is 0 Å². The van der Waals surface area contributed by atoms with Gasteiger partial charge in [0.25, 0.3) is 0 Å². The van der Waals surface area contributed by atoms with E-state index in [9.17, 15) is 4.79 Å². The van der Waals surface area contributed by atoms with Gasteiger partial charge in [0, 0.05) is 0 Å². The molecule has 0 unspecified atom stereocenters. The van der Waals surface area contributed by atoms with E-state index in [0.29, 0.717) is 0 Å². The molecular formula is C9H9NOS. The Kier molecular flexibility index (Phi) is 1.68. The molecule has 12 heavy (non-hydrogen) atoms. The summed E-state index contributed by atoms with van der Waals surface area (Å²) in [5, 5.41) is 1.11. The Morgan fingerprint density at radius 2 is 2.17 bits per heavy atom. The van der Waals surface area contributed by atoms with Crippen molar-refractivity contribution in [3.63, 3.8) is 0 Å². The molecule has 0 radical (unpaired) electrons. The fourth-order valence-electron chi connectivity index (χ4n) is 1.40. The largest absolute Gasteiger partial charge is 0.290 e. The van der Waals surface area contributed by atoms with Gasteiger partial charge in [-0.3, -0.25) is 9.79 Å². The maximum Gasteiger partial charge on any atom is 0.178 e. The lowest BCUT2D eigenvalue weighted by Crippen LogP contribution is -2.38. The molecule has 2 aliphatic rings. The van der Waals surface area contributed by atoms with Crippen molar-refractivity contribution in [1.82, 2.24) is 0 Å². The van der Waals surface area contributed by atoms with Crippen molar-refractivity contribution in [3.8, 4) is 0 Å². The first-order chi connectivity index (χ1) is 5.77. The fourth-order valence-corrected chi connectivity index (χ4v) is 2.18. The van der Waals surface area contributed by atoms with Crippen LogP contribution >= 0.6 is 11.8 Å². The smallest absolute Gasteiger partial charge is 0.178 e. The third-order valence-corrected chi connectivity index (χ3v) is 3.06. The van der Waals surface area contributed by atoms with Gasteiger partial charge in [-0.25, -0.2) is 0 Å². The Balaban J connectivity index is 2.27. The summed E-state index contributed by atoms with van der Waals surface area (Å²) in [5.41, 5.74) is -0.0205. The first kappa shape index (κ1) is 7.80. The van der Waals surface area contributed by atoms with Crippen LogP contribution in [-0.4, -0.2) is 23.6 Å². The predicted molar refractivity (Wildman–Crippen MR) is 51.5 cm³/mol. The second-order valence-electron chi connectivity index (χ2n) is 2.93. The van der Waals surface area contributed by atoms with Crippen molar-refractivity contribution < 1.29 is 4.79 Å². The lowest BCUT2D eigenvalue weighted by atomic mass is 9.81.